The number of anilines is 1. The Morgan fingerprint density at radius 2 is 1.91 bits per heavy atom. The highest BCUT2D eigenvalue weighted by molar-refractivity contribution is 6.10. The maximum atomic E-state index is 12.1. The van der Waals surface area contributed by atoms with Crippen LogP contribution in [0.15, 0.2) is 24.3 Å². The van der Waals surface area contributed by atoms with Crippen molar-refractivity contribution in [3.8, 4) is 0 Å². The second-order valence-electron chi connectivity index (χ2n) is 5.77. The number of amides is 1. The van der Waals surface area contributed by atoms with Crippen molar-refractivity contribution in [3.63, 3.8) is 0 Å². The topological polar surface area (TPSA) is 80.4 Å². The number of carbonyl (C=O) groups is 2. The average molecular weight is 304 g/mol. The van der Waals surface area contributed by atoms with E-state index in [2.05, 4.69) is 10.3 Å². The van der Waals surface area contributed by atoms with Crippen molar-refractivity contribution in [1.82, 2.24) is 4.98 Å². The number of fused-ring (bicyclic) bond motifs is 1. The summed E-state index contributed by atoms with van der Waals surface area (Å²) in [5.74, 6) is -0.523. The second kappa shape index (κ2) is 6.09. The minimum atomic E-state index is -0.625. The first kappa shape index (κ1) is 15.9. The van der Waals surface area contributed by atoms with Crippen LogP contribution in [0.5, 0.6) is 0 Å². The fourth-order valence-electron chi connectivity index (χ4n) is 2.03. The summed E-state index contributed by atoms with van der Waals surface area (Å²) in [6.45, 7) is 7.29. The first-order valence-corrected chi connectivity index (χ1v) is 7.09. The van der Waals surface area contributed by atoms with Crippen molar-refractivity contribution in [2.45, 2.75) is 33.3 Å². The zero-order valence-corrected chi connectivity index (χ0v) is 13.1. The average Bonchev–Trinajstić information content (AvgIpc) is 2.76. The lowest BCUT2D eigenvalue weighted by Crippen LogP contribution is -2.27. The van der Waals surface area contributed by atoms with Crippen LogP contribution in [-0.2, 0) is 9.47 Å². The van der Waals surface area contributed by atoms with Gasteiger partial charge in [0.1, 0.15) is 11.3 Å². The fourth-order valence-corrected chi connectivity index (χ4v) is 2.03. The van der Waals surface area contributed by atoms with Crippen molar-refractivity contribution < 1.29 is 19.1 Å². The van der Waals surface area contributed by atoms with Crippen LogP contribution in [0.1, 0.15) is 38.2 Å². The minimum Gasteiger partial charge on any atom is -0.461 e. The highest BCUT2D eigenvalue weighted by Crippen LogP contribution is 2.28. The molecule has 2 rings (SSSR count). The third-order valence-electron chi connectivity index (χ3n) is 2.81. The van der Waals surface area contributed by atoms with Crippen molar-refractivity contribution in [2.24, 2.45) is 0 Å². The van der Waals surface area contributed by atoms with E-state index in [0.29, 0.717) is 5.69 Å². The van der Waals surface area contributed by atoms with Crippen molar-refractivity contribution in [3.05, 3.63) is 30.0 Å². The molecule has 0 aliphatic carbocycles. The monoisotopic (exact) mass is 304 g/mol. The van der Waals surface area contributed by atoms with Gasteiger partial charge in [0, 0.05) is 10.9 Å². The summed E-state index contributed by atoms with van der Waals surface area (Å²) in [7, 11) is 0. The van der Waals surface area contributed by atoms with Gasteiger partial charge in [-0.05, 0) is 33.8 Å². The number of aromatic amines is 1. The SMILES string of the molecule is CCOC(=O)c1[nH]c2ccccc2c1NC(=O)OC(C)(C)C. The van der Waals surface area contributed by atoms with Gasteiger partial charge in [-0.2, -0.15) is 0 Å². The molecule has 0 bridgehead atoms. The number of hydrogen-bond acceptors (Lipinski definition) is 4. The van der Waals surface area contributed by atoms with E-state index in [1.807, 2.05) is 18.2 Å². The molecular weight excluding hydrogens is 284 g/mol. The molecule has 22 heavy (non-hydrogen) atoms. The highest BCUT2D eigenvalue weighted by Gasteiger charge is 2.23. The molecule has 118 valence electrons. The van der Waals surface area contributed by atoms with Gasteiger partial charge in [-0.1, -0.05) is 18.2 Å². The Morgan fingerprint density at radius 3 is 2.55 bits per heavy atom. The van der Waals surface area contributed by atoms with Gasteiger partial charge < -0.3 is 14.5 Å². The molecule has 0 saturated carbocycles. The predicted octanol–water partition coefficient (Wildman–Crippen LogP) is 3.69. The molecule has 2 N–H and O–H groups in total. The normalized spacial score (nSPS) is 11.3. The van der Waals surface area contributed by atoms with E-state index in [-0.39, 0.29) is 12.3 Å². The molecule has 0 unspecified atom stereocenters. The van der Waals surface area contributed by atoms with E-state index in [9.17, 15) is 9.59 Å². The van der Waals surface area contributed by atoms with Gasteiger partial charge in [-0.3, -0.25) is 5.32 Å². The number of aromatic nitrogens is 1. The largest absolute Gasteiger partial charge is 0.461 e. The number of esters is 1. The molecule has 0 aliphatic rings. The number of benzene rings is 1. The molecule has 0 saturated heterocycles. The van der Waals surface area contributed by atoms with Crippen molar-refractivity contribution in [2.75, 3.05) is 11.9 Å². The number of para-hydroxylation sites is 1. The van der Waals surface area contributed by atoms with Gasteiger partial charge in [0.15, 0.2) is 0 Å². The van der Waals surface area contributed by atoms with Gasteiger partial charge in [-0.25, -0.2) is 9.59 Å². The Hall–Kier alpha value is -2.50. The Labute approximate surface area is 128 Å². The minimum absolute atomic E-state index is 0.203. The summed E-state index contributed by atoms with van der Waals surface area (Å²) in [5, 5.41) is 3.36. The molecule has 0 atom stereocenters. The maximum Gasteiger partial charge on any atom is 0.412 e. The van der Waals surface area contributed by atoms with Crippen LogP contribution >= 0.6 is 0 Å². The molecular formula is C16H20N2O4. The third kappa shape index (κ3) is 3.58. The first-order chi connectivity index (χ1) is 10.3. The third-order valence-corrected chi connectivity index (χ3v) is 2.81. The lowest BCUT2D eigenvalue weighted by Gasteiger charge is -2.19. The summed E-state index contributed by atoms with van der Waals surface area (Å²) < 4.78 is 10.3. The van der Waals surface area contributed by atoms with Gasteiger partial charge in [0.2, 0.25) is 0 Å². The van der Waals surface area contributed by atoms with Crippen LogP contribution in [0.3, 0.4) is 0 Å². The highest BCUT2D eigenvalue weighted by atomic mass is 16.6. The molecule has 0 aliphatic heterocycles. The Kier molecular flexibility index (Phi) is 4.40. The number of H-pyrrole nitrogens is 1. The van der Waals surface area contributed by atoms with Crippen LogP contribution in [0.25, 0.3) is 10.9 Å². The van der Waals surface area contributed by atoms with Gasteiger partial charge in [0.05, 0.1) is 12.3 Å². The molecule has 1 aromatic carbocycles. The first-order valence-electron chi connectivity index (χ1n) is 7.09. The number of ether oxygens (including phenoxy) is 2. The molecule has 6 nitrogen and oxygen atoms in total. The fraction of sp³-hybridized carbons (Fsp3) is 0.375. The van der Waals surface area contributed by atoms with Crippen LogP contribution in [0.2, 0.25) is 0 Å². The Bertz CT molecular complexity index is 698. The molecule has 0 spiro atoms. The van der Waals surface area contributed by atoms with E-state index < -0.39 is 17.7 Å². The van der Waals surface area contributed by atoms with E-state index >= 15 is 0 Å². The van der Waals surface area contributed by atoms with Gasteiger partial charge in [0.25, 0.3) is 0 Å². The summed E-state index contributed by atoms with van der Waals surface area (Å²) >= 11 is 0. The lowest BCUT2D eigenvalue weighted by atomic mass is 10.2. The molecule has 1 aromatic heterocycles. The van der Waals surface area contributed by atoms with E-state index in [0.717, 1.165) is 10.9 Å². The standard InChI is InChI=1S/C16H20N2O4/c1-5-21-14(19)13-12(18-15(20)22-16(2,3)4)10-8-6-7-9-11(10)17-13/h6-9,17H,5H2,1-4H3,(H,18,20). The van der Waals surface area contributed by atoms with E-state index in [1.165, 1.54) is 0 Å². The second-order valence-corrected chi connectivity index (χ2v) is 5.77. The van der Waals surface area contributed by atoms with Crippen LogP contribution in [-0.4, -0.2) is 29.3 Å². The lowest BCUT2D eigenvalue weighted by molar-refractivity contribution is 0.0522. The molecule has 1 amide bonds. The van der Waals surface area contributed by atoms with E-state index in [4.69, 9.17) is 9.47 Å². The Balaban J connectivity index is 2.39. The maximum absolute atomic E-state index is 12.1. The molecule has 6 heteroatoms. The van der Waals surface area contributed by atoms with Crippen LogP contribution < -0.4 is 5.32 Å². The summed E-state index contributed by atoms with van der Waals surface area (Å²) in [5.41, 5.74) is 0.675. The number of carbonyl (C=O) groups excluding carboxylic acids is 2. The summed E-state index contributed by atoms with van der Waals surface area (Å²) in [6, 6.07) is 7.29. The predicted molar refractivity (Wildman–Crippen MR) is 84.1 cm³/mol. The summed E-state index contributed by atoms with van der Waals surface area (Å²) in [6.07, 6.45) is -0.622. The number of nitrogens with one attached hydrogen (secondary N) is 2. The van der Waals surface area contributed by atoms with Crippen molar-refractivity contribution >= 4 is 28.7 Å². The molecule has 0 radical (unpaired) electrons. The van der Waals surface area contributed by atoms with Crippen LogP contribution in [0.4, 0.5) is 10.5 Å². The van der Waals surface area contributed by atoms with Gasteiger partial charge >= 0.3 is 12.1 Å². The zero-order valence-electron chi connectivity index (χ0n) is 13.1. The van der Waals surface area contributed by atoms with Gasteiger partial charge in [-0.15, -0.1) is 0 Å². The molecule has 1 heterocycles. The van der Waals surface area contributed by atoms with E-state index in [1.54, 1.807) is 33.8 Å². The molecule has 0 fully saturated rings. The quantitative estimate of drug-likeness (QED) is 0.847. The smallest absolute Gasteiger partial charge is 0.412 e. The van der Waals surface area contributed by atoms with Crippen molar-refractivity contribution in [1.29, 1.82) is 0 Å². The summed E-state index contributed by atoms with van der Waals surface area (Å²) in [4.78, 5) is 27.0. The molecule has 2 aromatic rings. The zero-order chi connectivity index (χ0) is 16.3. The van der Waals surface area contributed by atoms with Crippen LogP contribution in [0, 0.1) is 0 Å². The number of rotatable bonds is 3. The number of hydrogen-bond donors (Lipinski definition) is 2. The Morgan fingerprint density at radius 1 is 1.23 bits per heavy atom.